The topological polar surface area (TPSA) is 109 Å². The molecule has 0 spiro atoms. The van der Waals surface area contributed by atoms with E-state index in [-0.39, 0.29) is 29.6 Å². The van der Waals surface area contributed by atoms with Gasteiger partial charge in [-0.1, -0.05) is 11.8 Å². The molecule has 0 saturated carbocycles. The summed E-state index contributed by atoms with van der Waals surface area (Å²) >= 11 is 4.50. The lowest BCUT2D eigenvalue weighted by atomic mass is 9.92. The number of hydrogen-bond acceptors (Lipinski definition) is 11. The van der Waals surface area contributed by atoms with E-state index in [0.717, 1.165) is 17.4 Å². The molecule has 13 heteroatoms. The lowest BCUT2D eigenvalue weighted by Gasteiger charge is -2.34. The molecule has 6 heterocycles. The van der Waals surface area contributed by atoms with E-state index in [0.29, 0.717) is 16.9 Å². The van der Waals surface area contributed by atoms with Crippen LogP contribution < -0.4 is 21.1 Å². The van der Waals surface area contributed by atoms with E-state index in [4.69, 9.17) is 4.74 Å². The Morgan fingerprint density at radius 3 is 3.12 bits per heavy atom. The molecule has 1 fully saturated rings. The predicted molar refractivity (Wildman–Crippen MR) is 124 cm³/mol. The van der Waals surface area contributed by atoms with Crippen molar-refractivity contribution in [2.45, 2.75) is 56.9 Å². The smallest absolute Gasteiger partial charge is 0.249 e. The van der Waals surface area contributed by atoms with Crippen LogP contribution >= 0.6 is 34.4 Å². The molecule has 32 heavy (non-hydrogen) atoms. The summed E-state index contributed by atoms with van der Waals surface area (Å²) in [5.74, 6) is 0.826. The summed E-state index contributed by atoms with van der Waals surface area (Å²) in [7, 11) is 0. The summed E-state index contributed by atoms with van der Waals surface area (Å²) < 4.78 is 8.15. The highest BCUT2D eigenvalue weighted by Crippen LogP contribution is 2.48. The molecule has 1 saturated heterocycles. The van der Waals surface area contributed by atoms with E-state index < -0.39 is 0 Å². The highest BCUT2D eigenvalue weighted by Gasteiger charge is 2.45. The molecule has 6 rings (SSSR count). The van der Waals surface area contributed by atoms with E-state index in [1.807, 2.05) is 5.38 Å². The number of rotatable bonds is 4. The van der Waals surface area contributed by atoms with Gasteiger partial charge in [-0.15, -0.1) is 32.9 Å². The van der Waals surface area contributed by atoms with E-state index in [1.165, 1.54) is 39.1 Å². The quantitative estimate of drug-likeness (QED) is 0.476. The highest BCUT2D eigenvalue weighted by molar-refractivity contribution is 7.99. The Bertz CT molecular complexity index is 1190. The SMILES string of the molecule is CC1NC2c3c(sc4c3CC(C)(C)OC4)-n3c(SCC(=O)Nc4nccs4)nnc3N2N1. The number of thiophene rings is 1. The second-order valence-electron chi connectivity index (χ2n) is 8.53. The Balaban J connectivity index is 1.36. The van der Waals surface area contributed by atoms with Gasteiger partial charge in [0.2, 0.25) is 11.9 Å². The van der Waals surface area contributed by atoms with Crippen LogP contribution in [0.1, 0.15) is 42.9 Å². The van der Waals surface area contributed by atoms with Crippen LogP contribution in [0.4, 0.5) is 11.1 Å². The first-order valence-electron chi connectivity index (χ1n) is 10.3. The fourth-order valence-electron chi connectivity index (χ4n) is 4.29. The number of carbonyl (C=O) groups is 1. The van der Waals surface area contributed by atoms with Crippen LogP contribution in [-0.2, 0) is 22.6 Å². The minimum Gasteiger partial charge on any atom is -0.370 e. The first kappa shape index (κ1) is 20.6. The molecule has 0 aliphatic carbocycles. The van der Waals surface area contributed by atoms with Crippen molar-refractivity contribution < 1.29 is 9.53 Å². The van der Waals surface area contributed by atoms with Gasteiger partial charge in [0.05, 0.1) is 24.1 Å². The number of nitrogens with one attached hydrogen (secondary N) is 3. The molecule has 2 atom stereocenters. The van der Waals surface area contributed by atoms with Crippen molar-refractivity contribution in [3.63, 3.8) is 0 Å². The number of anilines is 2. The maximum absolute atomic E-state index is 12.4. The molecule has 0 aromatic carbocycles. The van der Waals surface area contributed by atoms with E-state index >= 15 is 0 Å². The third-order valence-electron chi connectivity index (χ3n) is 5.63. The molecule has 3 N–H and O–H groups in total. The molecule has 10 nitrogen and oxygen atoms in total. The maximum atomic E-state index is 12.4. The monoisotopic (exact) mass is 490 g/mol. The average molecular weight is 491 g/mol. The van der Waals surface area contributed by atoms with Crippen molar-refractivity contribution in [3.8, 4) is 5.00 Å². The molecular formula is C19H22N8O2S3. The molecule has 3 aromatic rings. The predicted octanol–water partition coefficient (Wildman–Crippen LogP) is 2.64. The lowest BCUT2D eigenvalue weighted by Crippen LogP contribution is -2.40. The standard InChI is InChI=1S/C19H22N8O2S3/c1-9-21-14-13-10-6-19(2,3)29-7-11(10)32-15(13)26-17(27(14)25-9)23-24-18(26)31-8-12(28)22-16-20-4-5-30-16/h4-5,9,14,21,25H,6-8H2,1-3H3,(H,20,22,28). The number of aromatic nitrogens is 4. The Kier molecular flexibility index (Phi) is 4.82. The van der Waals surface area contributed by atoms with Crippen LogP contribution in [0.2, 0.25) is 0 Å². The number of thiazole rings is 1. The van der Waals surface area contributed by atoms with Crippen molar-refractivity contribution in [1.29, 1.82) is 0 Å². The number of thioether (sulfide) groups is 1. The number of ether oxygens (including phenoxy) is 1. The van der Waals surface area contributed by atoms with Gasteiger partial charge < -0.3 is 10.1 Å². The van der Waals surface area contributed by atoms with Gasteiger partial charge in [-0.2, -0.15) is 0 Å². The minimum absolute atomic E-state index is 0.0170. The molecule has 0 bridgehead atoms. The van der Waals surface area contributed by atoms with Crippen molar-refractivity contribution in [3.05, 3.63) is 27.6 Å². The van der Waals surface area contributed by atoms with Gasteiger partial charge in [-0.3, -0.25) is 15.1 Å². The number of amides is 1. The zero-order valence-electron chi connectivity index (χ0n) is 17.7. The summed E-state index contributed by atoms with van der Waals surface area (Å²) in [5.41, 5.74) is 5.84. The third kappa shape index (κ3) is 3.35. The van der Waals surface area contributed by atoms with Crippen LogP contribution in [0, 0.1) is 0 Å². The molecule has 3 aliphatic rings. The van der Waals surface area contributed by atoms with Crippen molar-refractivity contribution >= 4 is 51.4 Å². The molecule has 1 amide bonds. The Morgan fingerprint density at radius 2 is 2.31 bits per heavy atom. The maximum Gasteiger partial charge on any atom is 0.249 e. The highest BCUT2D eigenvalue weighted by atomic mass is 32.2. The molecule has 3 aliphatic heterocycles. The van der Waals surface area contributed by atoms with Crippen LogP contribution in [0.25, 0.3) is 5.00 Å². The molecule has 168 valence electrons. The zero-order chi connectivity index (χ0) is 22.0. The summed E-state index contributed by atoms with van der Waals surface area (Å²) in [5, 5.41) is 21.6. The lowest BCUT2D eigenvalue weighted by molar-refractivity contribution is -0.113. The van der Waals surface area contributed by atoms with E-state index in [2.05, 4.69) is 61.6 Å². The third-order valence-corrected chi connectivity index (χ3v) is 8.45. The fraction of sp³-hybridized carbons (Fsp3) is 0.474. The summed E-state index contributed by atoms with van der Waals surface area (Å²) in [6.07, 6.45) is 2.60. The van der Waals surface area contributed by atoms with Crippen molar-refractivity contribution in [1.82, 2.24) is 30.5 Å². The van der Waals surface area contributed by atoms with Gasteiger partial charge in [-0.05, 0) is 26.3 Å². The number of hydrogen-bond donors (Lipinski definition) is 3. The molecule has 3 aromatic heterocycles. The Labute approximate surface area is 196 Å². The van der Waals surface area contributed by atoms with Crippen molar-refractivity contribution in [2.24, 2.45) is 0 Å². The van der Waals surface area contributed by atoms with Crippen LogP contribution in [-0.4, -0.2) is 43.2 Å². The van der Waals surface area contributed by atoms with Gasteiger partial charge in [-0.25, -0.2) is 15.0 Å². The Hall–Kier alpha value is -2.03. The fourth-order valence-corrected chi connectivity index (χ4v) is 6.88. The van der Waals surface area contributed by atoms with Gasteiger partial charge in [0.15, 0.2) is 10.3 Å². The first-order chi connectivity index (χ1) is 15.4. The number of fused-ring (bicyclic) bond motifs is 8. The summed E-state index contributed by atoms with van der Waals surface area (Å²) in [6.45, 7) is 6.96. The minimum atomic E-state index is -0.205. The second-order valence-corrected chi connectivity index (χ2v) is 11.5. The number of hydrazine groups is 1. The average Bonchev–Trinajstić information content (AvgIpc) is 3.50. The molecular weight excluding hydrogens is 468 g/mol. The summed E-state index contributed by atoms with van der Waals surface area (Å²) in [4.78, 5) is 17.8. The van der Waals surface area contributed by atoms with Gasteiger partial charge in [0.25, 0.3) is 0 Å². The van der Waals surface area contributed by atoms with Crippen molar-refractivity contribution in [2.75, 3.05) is 16.1 Å². The molecule has 2 unspecified atom stereocenters. The van der Waals surface area contributed by atoms with E-state index in [1.54, 1.807) is 17.5 Å². The number of carbonyl (C=O) groups excluding carboxylic acids is 1. The largest absolute Gasteiger partial charge is 0.370 e. The van der Waals surface area contributed by atoms with Crippen LogP contribution in [0.15, 0.2) is 16.7 Å². The second kappa shape index (κ2) is 7.50. The van der Waals surface area contributed by atoms with Gasteiger partial charge in [0.1, 0.15) is 11.2 Å². The number of nitrogens with zero attached hydrogens (tertiary/aromatic N) is 5. The molecule has 0 radical (unpaired) electrons. The summed E-state index contributed by atoms with van der Waals surface area (Å²) in [6, 6.07) is 0. The Morgan fingerprint density at radius 1 is 1.44 bits per heavy atom. The van der Waals surface area contributed by atoms with Gasteiger partial charge >= 0.3 is 0 Å². The van der Waals surface area contributed by atoms with Crippen LogP contribution in [0.5, 0.6) is 0 Å². The first-order valence-corrected chi connectivity index (χ1v) is 13.0. The van der Waals surface area contributed by atoms with Crippen LogP contribution in [0.3, 0.4) is 0 Å². The van der Waals surface area contributed by atoms with E-state index in [9.17, 15) is 4.79 Å². The van der Waals surface area contributed by atoms with Gasteiger partial charge in [0, 0.05) is 28.4 Å². The normalized spacial score (nSPS) is 22.8. The zero-order valence-corrected chi connectivity index (χ0v) is 20.2.